The van der Waals surface area contributed by atoms with Crippen LogP contribution in [-0.2, 0) is 9.59 Å². The predicted molar refractivity (Wildman–Crippen MR) is 130 cm³/mol. The van der Waals surface area contributed by atoms with Gasteiger partial charge in [0, 0.05) is 5.69 Å². The number of anilines is 2. The Morgan fingerprint density at radius 3 is 2.15 bits per heavy atom. The highest BCUT2D eigenvalue weighted by atomic mass is 16.5. The van der Waals surface area contributed by atoms with Crippen molar-refractivity contribution < 1.29 is 19.1 Å². The van der Waals surface area contributed by atoms with Crippen LogP contribution in [0.3, 0.4) is 0 Å². The number of hydrogen-bond donors (Lipinski definition) is 1. The highest BCUT2D eigenvalue weighted by Gasteiger charge is 2.41. The molecule has 0 unspecified atom stereocenters. The van der Waals surface area contributed by atoms with Crippen LogP contribution in [0.1, 0.15) is 22.3 Å². The Labute approximate surface area is 193 Å². The molecule has 6 heteroatoms. The maximum Gasteiger partial charge on any atom is 0.282 e. The van der Waals surface area contributed by atoms with Crippen LogP contribution in [0.4, 0.5) is 11.4 Å². The average molecular weight is 443 g/mol. The zero-order valence-electron chi connectivity index (χ0n) is 19.4. The van der Waals surface area contributed by atoms with Gasteiger partial charge in [0.1, 0.15) is 5.70 Å². The number of amides is 2. The third-order valence-electron chi connectivity index (χ3n) is 5.75. The third-order valence-corrected chi connectivity index (χ3v) is 5.75. The van der Waals surface area contributed by atoms with Crippen molar-refractivity contribution in [2.75, 3.05) is 24.4 Å². The smallest absolute Gasteiger partial charge is 0.282 e. The fourth-order valence-corrected chi connectivity index (χ4v) is 4.03. The number of ether oxygens (including phenoxy) is 2. The second kappa shape index (κ2) is 8.82. The molecule has 6 nitrogen and oxygen atoms in total. The molecule has 1 N–H and O–H groups in total. The Balaban J connectivity index is 1.89. The molecule has 168 valence electrons. The van der Waals surface area contributed by atoms with E-state index in [-0.39, 0.29) is 11.3 Å². The van der Waals surface area contributed by atoms with Gasteiger partial charge in [0.25, 0.3) is 11.8 Å². The van der Waals surface area contributed by atoms with Gasteiger partial charge >= 0.3 is 0 Å². The molecule has 0 saturated heterocycles. The monoisotopic (exact) mass is 442 g/mol. The van der Waals surface area contributed by atoms with Crippen LogP contribution in [0.5, 0.6) is 11.5 Å². The molecule has 1 heterocycles. The molecule has 0 fully saturated rings. The topological polar surface area (TPSA) is 67.9 Å². The van der Waals surface area contributed by atoms with Gasteiger partial charge in [-0.05, 0) is 61.7 Å². The molecule has 0 aromatic heterocycles. The maximum absolute atomic E-state index is 13.7. The van der Waals surface area contributed by atoms with Crippen molar-refractivity contribution in [3.05, 3.63) is 88.6 Å². The number of nitrogens with one attached hydrogen (secondary N) is 1. The number of carbonyl (C=O) groups is 2. The van der Waals surface area contributed by atoms with Crippen LogP contribution in [0, 0.1) is 20.8 Å². The fraction of sp³-hybridized carbons (Fsp3) is 0.185. The molecule has 0 aliphatic carbocycles. The lowest BCUT2D eigenvalue weighted by molar-refractivity contribution is -0.120. The van der Waals surface area contributed by atoms with Gasteiger partial charge in [-0.15, -0.1) is 0 Å². The van der Waals surface area contributed by atoms with Gasteiger partial charge in [-0.3, -0.25) is 9.59 Å². The third kappa shape index (κ3) is 3.96. The first-order valence-electron chi connectivity index (χ1n) is 10.6. The average Bonchev–Trinajstić information content (AvgIpc) is 3.04. The number of rotatable bonds is 6. The molecule has 3 aromatic carbocycles. The first-order valence-corrected chi connectivity index (χ1v) is 10.6. The summed E-state index contributed by atoms with van der Waals surface area (Å²) in [6.07, 6.45) is 0. The summed E-state index contributed by atoms with van der Waals surface area (Å²) in [6.45, 7) is 5.85. The van der Waals surface area contributed by atoms with Gasteiger partial charge in [-0.1, -0.05) is 42.0 Å². The molecular weight excluding hydrogens is 416 g/mol. The van der Waals surface area contributed by atoms with Crippen LogP contribution in [0.25, 0.3) is 5.57 Å². The number of carbonyl (C=O) groups excluding carboxylic acids is 2. The second-order valence-corrected chi connectivity index (χ2v) is 8.00. The van der Waals surface area contributed by atoms with Crippen molar-refractivity contribution in [3.63, 3.8) is 0 Å². The van der Waals surface area contributed by atoms with Gasteiger partial charge in [-0.2, -0.15) is 0 Å². The quantitative estimate of drug-likeness (QED) is 0.543. The van der Waals surface area contributed by atoms with Gasteiger partial charge in [0.05, 0.1) is 25.5 Å². The Bertz CT molecular complexity index is 1290. The molecule has 2 amide bonds. The SMILES string of the molecule is COc1ccc(C2=C(Nc3ccc(C)cc3C)C(=O)N(c3ccccc3C)C2=O)cc1OC. The summed E-state index contributed by atoms with van der Waals surface area (Å²) >= 11 is 0. The lowest BCUT2D eigenvalue weighted by Gasteiger charge is -2.18. The minimum atomic E-state index is -0.404. The number of benzene rings is 3. The lowest BCUT2D eigenvalue weighted by Crippen LogP contribution is -2.33. The van der Waals surface area contributed by atoms with E-state index in [2.05, 4.69) is 5.32 Å². The van der Waals surface area contributed by atoms with Gasteiger partial charge < -0.3 is 14.8 Å². The normalized spacial score (nSPS) is 13.5. The summed E-state index contributed by atoms with van der Waals surface area (Å²) in [5.74, 6) is 0.217. The van der Waals surface area contributed by atoms with Gasteiger partial charge in [0.2, 0.25) is 0 Å². The molecule has 0 saturated carbocycles. The summed E-state index contributed by atoms with van der Waals surface area (Å²) < 4.78 is 10.8. The molecule has 1 aliphatic heterocycles. The van der Waals surface area contributed by atoms with E-state index < -0.39 is 11.8 Å². The van der Waals surface area contributed by atoms with Crippen molar-refractivity contribution >= 4 is 28.8 Å². The molecule has 0 atom stereocenters. The van der Waals surface area contributed by atoms with Crippen molar-refractivity contribution in [3.8, 4) is 11.5 Å². The van der Waals surface area contributed by atoms with E-state index in [1.54, 1.807) is 31.4 Å². The number of aryl methyl sites for hydroxylation is 3. The summed E-state index contributed by atoms with van der Waals surface area (Å²) in [6, 6.07) is 18.4. The molecular formula is C27H26N2O4. The van der Waals surface area contributed by atoms with E-state index in [0.29, 0.717) is 22.7 Å². The van der Waals surface area contributed by atoms with Crippen LogP contribution < -0.4 is 19.7 Å². The molecule has 3 aromatic rings. The van der Waals surface area contributed by atoms with E-state index >= 15 is 0 Å². The van der Waals surface area contributed by atoms with Crippen LogP contribution >= 0.6 is 0 Å². The van der Waals surface area contributed by atoms with Crippen molar-refractivity contribution in [2.24, 2.45) is 0 Å². The number of para-hydroxylation sites is 1. The van der Waals surface area contributed by atoms with Crippen LogP contribution in [0.2, 0.25) is 0 Å². The molecule has 1 aliphatic rings. The first kappa shape index (κ1) is 22.1. The standard InChI is InChI=1S/C27H26N2O4/c1-16-10-12-20(18(3)14-16)28-25-24(19-11-13-22(32-4)23(15-19)33-5)26(30)29(27(25)31)21-9-7-6-8-17(21)2/h6-15,28H,1-5H3. The van der Waals surface area contributed by atoms with E-state index in [1.165, 1.54) is 12.0 Å². The minimum absolute atomic E-state index is 0.224. The van der Waals surface area contributed by atoms with Gasteiger partial charge in [-0.25, -0.2) is 4.90 Å². The van der Waals surface area contributed by atoms with Crippen LogP contribution in [-0.4, -0.2) is 26.0 Å². The molecule has 0 bridgehead atoms. The van der Waals surface area contributed by atoms with E-state index in [1.807, 2.05) is 57.2 Å². The van der Waals surface area contributed by atoms with Crippen LogP contribution in [0.15, 0.2) is 66.4 Å². The Morgan fingerprint density at radius 2 is 1.48 bits per heavy atom. The highest BCUT2D eigenvalue weighted by Crippen LogP contribution is 2.38. The van der Waals surface area contributed by atoms with Crippen molar-refractivity contribution in [1.82, 2.24) is 0 Å². The molecule has 33 heavy (non-hydrogen) atoms. The van der Waals surface area contributed by atoms with E-state index in [9.17, 15) is 9.59 Å². The van der Waals surface area contributed by atoms with Crippen molar-refractivity contribution in [2.45, 2.75) is 20.8 Å². The number of methoxy groups -OCH3 is 2. The summed E-state index contributed by atoms with van der Waals surface area (Å²) in [4.78, 5) is 28.6. The number of nitrogens with zero attached hydrogens (tertiary/aromatic N) is 1. The Kier molecular flexibility index (Phi) is 5.92. The number of hydrogen-bond acceptors (Lipinski definition) is 5. The van der Waals surface area contributed by atoms with E-state index in [4.69, 9.17) is 9.47 Å². The largest absolute Gasteiger partial charge is 0.493 e. The summed E-state index contributed by atoms with van der Waals surface area (Å²) in [5.41, 5.74) is 5.31. The first-order chi connectivity index (χ1) is 15.8. The predicted octanol–water partition coefficient (Wildman–Crippen LogP) is 5.03. The second-order valence-electron chi connectivity index (χ2n) is 8.00. The number of imide groups is 1. The Hall–Kier alpha value is -4.06. The summed E-state index contributed by atoms with van der Waals surface area (Å²) in [5, 5.41) is 3.25. The van der Waals surface area contributed by atoms with E-state index in [0.717, 1.165) is 22.4 Å². The Morgan fingerprint density at radius 1 is 0.758 bits per heavy atom. The maximum atomic E-state index is 13.7. The van der Waals surface area contributed by atoms with Gasteiger partial charge in [0.15, 0.2) is 11.5 Å². The fourth-order valence-electron chi connectivity index (χ4n) is 4.03. The van der Waals surface area contributed by atoms with Crippen molar-refractivity contribution in [1.29, 1.82) is 0 Å². The summed E-state index contributed by atoms with van der Waals surface area (Å²) in [7, 11) is 3.08. The molecule has 0 spiro atoms. The minimum Gasteiger partial charge on any atom is -0.493 e. The lowest BCUT2D eigenvalue weighted by atomic mass is 10.0. The molecule has 4 rings (SSSR count). The molecule has 0 radical (unpaired) electrons. The zero-order chi connectivity index (χ0) is 23.7. The highest BCUT2D eigenvalue weighted by molar-refractivity contribution is 6.46. The zero-order valence-corrected chi connectivity index (χ0v) is 19.4.